The zero-order valence-corrected chi connectivity index (χ0v) is 9.52. The molecule has 1 atom stereocenters. The molecule has 0 saturated heterocycles. The molecule has 2 rings (SSSR count). The van der Waals surface area contributed by atoms with Gasteiger partial charge in [0, 0.05) is 7.05 Å². The Kier molecular flexibility index (Phi) is 2.77. The first kappa shape index (κ1) is 10.9. The van der Waals surface area contributed by atoms with Gasteiger partial charge < -0.3 is 9.67 Å². The summed E-state index contributed by atoms with van der Waals surface area (Å²) in [5, 5.41) is 9.30. The van der Waals surface area contributed by atoms with Crippen molar-refractivity contribution in [1.82, 2.24) is 19.5 Å². The first-order valence-corrected chi connectivity index (χ1v) is 5.00. The molecule has 0 aliphatic rings. The van der Waals surface area contributed by atoms with Crippen LogP contribution in [0.5, 0.6) is 0 Å². The van der Waals surface area contributed by atoms with E-state index in [2.05, 4.69) is 26.8 Å². The van der Waals surface area contributed by atoms with Crippen LogP contribution in [0.15, 0.2) is 6.33 Å². The topological polar surface area (TPSA) is 63.8 Å². The summed E-state index contributed by atoms with van der Waals surface area (Å²) in [6, 6.07) is 0. The Morgan fingerprint density at radius 2 is 2.25 bits per heavy atom. The monoisotopic (exact) mass is 236 g/mol. The highest BCUT2D eigenvalue weighted by molar-refractivity contribution is 6.33. The molecule has 2 aromatic heterocycles. The van der Waals surface area contributed by atoms with Crippen molar-refractivity contribution in [3.63, 3.8) is 0 Å². The van der Waals surface area contributed by atoms with Crippen molar-refractivity contribution in [3.05, 3.63) is 17.3 Å². The third-order valence-electron chi connectivity index (χ3n) is 1.91. The van der Waals surface area contributed by atoms with Gasteiger partial charge in [0.15, 0.2) is 10.8 Å². The highest BCUT2D eigenvalue weighted by Crippen LogP contribution is 2.17. The smallest absolute Gasteiger partial charge is 0.208 e. The minimum absolute atomic E-state index is 0.264. The highest BCUT2D eigenvalue weighted by atomic mass is 35.5. The number of halogens is 1. The van der Waals surface area contributed by atoms with Gasteiger partial charge in [-0.2, -0.15) is 0 Å². The van der Waals surface area contributed by atoms with Gasteiger partial charge in [0.2, 0.25) is 5.82 Å². The molecular weight excluding hydrogens is 228 g/mol. The summed E-state index contributed by atoms with van der Waals surface area (Å²) in [7, 11) is 1.81. The number of nitrogens with zero attached hydrogens (tertiary/aromatic N) is 4. The molecule has 0 aliphatic heterocycles. The Hall–Kier alpha value is -1.64. The maximum Gasteiger partial charge on any atom is 0.208 e. The van der Waals surface area contributed by atoms with Crippen molar-refractivity contribution in [2.45, 2.75) is 13.0 Å². The molecule has 5 nitrogen and oxygen atoms in total. The molecule has 6 heteroatoms. The first-order chi connectivity index (χ1) is 7.58. The van der Waals surface area contributed by atoms with E-state index < -0.39 is 6.10 Å². The molecular formula is C10H9ClN4O. The van der Waals surface area contributed by atoms with Gasteiger partial charge in [0.25, 0.3) is 0 Å². The summed E-state index contributed by atoms with van der Waals surface area (Å²) in [4.78, 5) is 12.2. The maximum absolute atomic E-state index is 9.03. The molecule has 16 heavy (non-hydrogen) atoms. The lowest BCUT2D eigenvalue weighted by atomic mass is 10.4. The van der Waals surface area contributed by atoms with Crippen molar-refractivity contribution in [3.8, 4) is 11.8 Å². The van der Waals surface area contributed by atoms with Crippen LogP contribution in [0.2, 0.25) is 5.15 Å². The van der Waals surface area contributed by atoms with Crippen LogP contribution in [0.3, 0.4) is 0 Å². The van der Waals surface area contributed by atoms with Gasteiger partial charge in [-0.25, -0.2) is 15.0 Å². The van der Waals surface area contributed by atoms with Gasteiger partial charge in [-0.05, 0) is 12.8 Å². The lowest BCUT2D eigenvalue weighted by Gasteiger charge is -1.96. The molecule has 0 fully saturated rings. The van der Waals surface area contributed by atoms with Crippen molar-refractivity contribution >= 4 is 22.8 Å². The normalized spacial score (nSPS) is 12.2. The fourth-order valence-electron chi connectivity index (χ4n) is 1.20. The van der Waals surface area contributed by atoms with E-state index in [0.29, 0.717) is 11.2 Å². The van der Waals surface area contributed by atoms with Crippen LogP contribution in [-0.2, 0) is 7.05 Å². The number of aryl methyl sites for hydroxylation is 1. The molecule has 0 spiro atoms. The van der Waals surface area contributed by atoms with Crippen LogP contribution in [0, 0.1) is 11.8 Å². The molecule has 2 aromatic rings. The minimum atomic E-state index is -0.718. The zero-order valence-electron chi connectivity index (χ0n) is 8.77. The summed E-state index contributed by atoms with van der Waals surface area (Å²) in [5.74, 6) is 5.48. The third kappa shape index (κ3) is 1.98. The molecule has 0 saturated carbocycles. The Bertz CT molecular complexity index is 594. The van der Waals surface area contributed by atoms with E-state index >= 15 is 0 Å². The average Bonchev–Trinajstić information content (AvgIpc) is 2.58. The summed E-state index contributed by atoms with van der Waals surface area (Å²) in [5.41, 5.74) is 1.17. The fraction of sp³-hybridized carbons (Fsp3) is 0.300. The van der Waals surface area contributed by atoms with Crippen LogP contribution in [0.4, 0.5) is 0 Å². The summed E-state index contributed by atoms with van der Waals surface area (Å²) in [6.07, 6.45) is 0.890. The van der Waals surface area contributed by atoms with E-state index in [0.717, 1.165) is 0 Å². The Morgan fingerprint density at radius 3 is 2.94 bits per heavy atom. The van der Waals surface area contributed by atoms with Gasteiger partial charge in [-0.15, -0.1) is 0 Å². The standard InChI is InChI=1S/C10H9ClN4O/c1-6(16)3-4-7-13-9(11)8-10(14-7)15(2)5-12-8/h5-6,16H,1-2H3/t6-/m0/s1. The lowest BCUT2D eigenvalue weighted by molar-refractivity contribution is 0.253. The number of aromatic nitrogens is 4. The van der Waals surface area contributed by atoms with Gasteiger partial charge in [0.05, 0.1) is 6.33 Å². The van der Waals surface area contributed by atoms with Crippen LogP contribution in [0.25, 0.3) is 11.2 Å². The van der Waals surface area contributed by atoms with E-state index in [1.807, 2.05) is 7.05 Å². The van der Waals surface area contributed by atoms with Crippen molar-refractivity contribution in [2.75, 3.05) is 0 Å². The molecule has 0 bridgehead atoms. The predicted molar refractivity (Wildman–Crippen MR) is 59.9 cm³/mol. The molecule has 82 valence electrons. The van der Waals surface area contributed by atoms with Crippen molar-refractivity contribution < 1.29 is 5.11 Å². The van der Waals surface area contributed by atoms with Crippen LogP contribution >= 0.6 is 11.6 Å². The zero-order chi connectivity index (χ0) is 11.7. The molecule has 2 heterocycles. The van der Waals surface area contributed by atoms with Gasteiger partial charge >= 0.3 is 0 Å². The largest absolute Gasteiger partial charge is 0.381 e. The molecule has 0 radical (unpaired) electrons. The minimum Gasteiger partial charge on any atom is -0.381 e. The van der Waals surface area contributed by atoms with Crippen molar-refractivity contribution in [2.24, 2.45) is 7.05 Å². The van der Waals surface area contributed by atoms with Gasteiger partial charge in [0.1, 0.15) is 11.6 Å². The van der Waals surface area contributed by atoms with Crippen LogP contribution < -0.4 is 0 Å². The number of hydrogen-bond acceptors (Lipinski definition) is 4. The molecule has 0 aliphatic carbocycles. The second kappa shape index (κ2) is 4.08. The van der Waals surface area contributed by atoms with Gasteiger partial charge in [-0.3, -0.25) is 0 Å². The van der Waals surface area contributed by atoms with E-state index in [1.54, 1.807) is 17.8 Å². The summed E-state index contributed by atoms with van der Waals surface area (Å²) >= 11 is 5.93. The fourth-order valence-corrected chi connectivity index (χ4v) is 1.41. The number of aliphatic hydroxyl groups excluding tert-OH is 1. The Labute approximate surface area is 97.1 Å². The summed E-state index contributed by atoms with van der Waals surface area (Å²) in [6.45, 7) is 1.57. The quantitative estimate of drug-likeness (QED) is 0.542. The molecule has 0 aromatic carbocycles. The summed E-state index contributed by atoms with van der Waals surface area (Å²) < 4.78 is 1.73. The SMILES string of the molecule is C[C@H](O)C#Cc1nc(Cl)c2ncn(C)c2n1. The molecule has 1 N–H and O–H groups in total. The number of aliphatic hydroxyl groups is 1. The second-order valence-corrected chi connectivity index (χ2v) is 3.67. The Morgan fingerprint density at radius 1 is 1.50 bits per heavy atom. The van der Waals surface area contributed by atoms with Gasteiger partial charge in [-0.1, -0.05) is 17.5 Å². The number of imidazole rings is 1. The molecule has 0 unspecified atom stereocenters. The average molecular weight is 237 g/mol. The van der Waals surface area contributed by atoms with E-state index in [9.17, 15) is 0 Å². The first-order valence-electron chi connectivity index (χ1n) is 4.62. The predicted octanol–water partition coefficient (Wildman–Crippen LogP) is 0.749. The molecule has 0 amide bonds. The second-order valence-electron chi connectivity index (χ2n) is 3.31. The van der Waals surface area contributed by atoms with Crippen molar-refractivity contribution in [1.29, 1.82) is 0 Å². The number of fused-ring (bicyclic) bond motifs is 1. The van der Waals surface area contributed by atoms with E-state index in [4.69, 9.17) is 16.7 Å². The lowest BCUT2D eigenvalue weighted by Crippen LogP contribution is -1.97. The third-order valence-corrected chi connectivity index (χ3v) is 2.17. The Balaban J connectivity index is 2.58. The van der Waals surface area contributed by atoms with E-state index in [1.165, 1.54) is 0 Å². The highest BCUT2D eigenvalue weighted by Gasteiger charge is 2.08. The van der Waals surface area contributed by atoms with Crippen LogP contribution in [-0.4, -0.2) is 30.7 Å². The van der Waals surface area contributed by atoms with Crippen LogP contribution in [0.1, 0.15) is 12.7 Å². The number of hydrogen-bond donors (Lipinski definition) is 1. The van der Waals surface area contributed by atoms with E-state index in [-0.39, 0.29) is 11.0 Å². The number of rotatable bonds is 0. The maximum atomic E-state index is 9.03.